The maximum absolute atomic E-state index is 2.65. The standard InChI is InChI=1S/C12H23N/c1-9(2)12-5-6-13(10(3)4)8-11(12)7-12/h9-11H,5-8H2,1-4H3/t11-,12-/m1/s1. The Morgan fingerprint density at radius 2 is 1.92 bits per heavy atom. The molecule has 0 radical (unpaired) electrons. The molecule has 13 heavy (non-hydrogen) atoms. The summed E-state index contributed by atoms with van der Waals surface area (Å²) in [5, 5.41) is 0. The lowest BCUT2D eigenvalue weighted by Crippen LogP contribution is -2.40. The number of piperidine rings is 1. The van der Waals surface area contributed by atoms with Crippen molar-refractivity contribution in [3.05, 3.63) is 0 Å². The van der Waals surface area contributed by atoms with Crippen molar-refractivity contribution in [1.82, 2.24) is 4.90 Å². The lowest BCUT2D eigenvalue weighted by atomic mass is 9.84. The first-order chi connectivity index (χ1) is 6.06. The second-order valence-electron chi connectivity index (χ2n) is 5.63. The number of nitrogens with zero attached hydrogens (tertiary/aromatic N) is 1. The molecule has 1 saturated carbocycles. The highest BCUT2D eigenvalue weighted by atomic mass is 15.2. The molecule has 0 bridgehead atoms. The third-order valence-corrected chi connectivity index (χ3v) is 4.48. The second kappa shape index (κ2) is 2.98. The van der Waals surface area contributed by atoms with Crippen LogP contribution in [0.3, 0.4) is 0 Å². The number of fused-ring (bicyclic) bond motifs is 1. The van der Waals surface area contributed by atoms with E-state index in [0.29, 0.717) is 0 Å². The van der Waals surface area contributed by atoms with Crippen LogP contribution in [0, 0.1) is 17.3 Å². The molecule has 1 aliphatic carbocycles. The van der Waals surface area contributed by atoms with Crippen LogP contribution in [0.4, 0.5) is 0 Å². The van der Waals surface area contributed by atoms with E-state index in [4.69, 9.17) is 0 Å². The van der Waals surface area contributed by atoms with Gasteiger partial charge in [0.1, 0.15) is 0 Å². The molecule has 0 aromatic heterocycles. The van der Waals surface area contributed by atoms with E-state index in [0.717, 1.165) is 23.3 Å². The zero-order chi connectivity index (χ0) is 9.64. The Morgan fingerprint density at radius 1 is 1.23 bits per heavy atom. The predicted octanol–water partition coefficient (Wildman–Crippen LogP) is 2.76. The first-order valence-electron chi connectivity index (χ1n) is 5.80. The third-order valence-electron chi connectivity index (χ3n) is 4.48. The van der Waals surface area contributed by atoms with E-state index in [1.54, 1.807) is 0 Å². The molecule has 76 valence electrons. The fraction of sp³-hybridized carbons (Fsp3) is 1.00. The Kier molecular flexibility index (Phi) is 2.18. The van der Waals surface area contributed by atoms with Gasteiger partial charge in [-0.2, -0.15) is 0 Å². The van der Waals surface area contributed by atoms with Crippen molar-refractivity contribution >= 4 is 0 Å². The highest BCUT2D eigenvalue weighted by Gasteiger charge is 2.57. The van der Waals surface area contributed by atoms with Crippen molar-refractivity contribution < 1.29 is 0 Å². The van der Waals surface area contributed by atoms with Crippen LogP contribution < -0.4 is 0 Å². The maximum atomic E-state index is 2.65. The van der Waals surface area contributed by atoms with Gasteiger partial charge in [-0.05, 0) is 50.5 Å². The highest BCUT2D eigenvalue weighted by molar-refractivity contribution is 5.08. The van der Waals surface area contributed by atoms with Gasteiger partial charge in [0.25, 0.3) is 0 Å². The van der Waals surface area contributed by atoms with Gasteiger partial charge in [-0.3, -0.25) is 0 Å². The van der Waals surface area contributed by atoms with Crippen molar-refractivity contribution in [2.75, 3.05) is 13.1 Å². The molecule has 0 amide bonds. The number of hydrogen-bond acceptors (Lipinski definition) is 1. The molecule has 0 N–H and O–H groups in total. The minimum Gasteiger partial charge on any atom is -0.301 e. The van der Waals surface area contributed by atoms with E-state index in [9.17, 15) is 0 Å². The van der Waals surface area contributed by atoms with Crippen molar-refractivity contribution in [3.63, 3.8) is 0 Å². The average molecular weight is 181 g/mol. The van der Waals surface area contributed by atoms with Crippen LogP contribution in [0.15, 0.2) is 0 Å². The number of likely N-dealkylation sites (tertiary alicyclic amines) is 1. The summed E-state index contributed by atoms with van der Waals surface area (Å²) in [5.41, 5.74) is 0.769. The zero-order valence-electron chi connectivity index (χ0n) is 9.51. The van der Waals surface area contributed by atoms with E-state index in [1.165, 1.54) is 25.9 Å². The topological polar surface area (TPSA) is 3.24 Å². The minimum atomic E-state index is 0.755. The Morgan fingerprint density at radius 3 is 2.38 bits per heavy atom. The van der Waals surface area contributed by atoms with Crippen molar-refractivity contribution in [2.45, 2.75) is 46.6 Å². The van der Waals surface area contributed by atoms with Gasteiger partial charge in [-0.15, -0.1) is 0 Å². The summed E-state index contributed by atoms with van der Waals surface area (Å²) in [6.07, 6.45) is 2.96. The molecule has 0 aromatic rings. The Balaban J connectivity index is 1.95. The molecular formula is C12H23N. The molecule has 1 nitrogen and oxygen atoms in total. The second-order valence-corrected chi connectivity index (χ2v) is 5.63. The summed E-state index contributed by atoms with van der Waals surface area (Å²) in [5.74, 6) is 1.94. The van der Waals surface area contributed by atoms with Crippen molar-refractivity contribution in [2.24, 2.45) is 17.3 Å². The lowest BCUT2D eigenvalue weighted by Gasteiger charge is -2.36. The maximum Gasteiger partial charge on any atom is 0.00387 e. The summed E-state index contributed by atoms with van der Waals surface area (Å²) in [7, 11) is 0. The molecule has 2 aliphatic rings. The molecule has 2 fully saturated rings. The summed E-state index contributed by atoms with van der Waals surface area (Å²) in [6.45, 7) is 12.2. The van der Waals surface area contributed by atoms with Crippen LogP contribution in [0.1, 0.15) is 40.5 Å². The fourth-order valence-electron chi connectivity index (χ4n) is 3.14. The molecule has 1 heteroatoms. The van der Waals surface area contributed by atoms with Gasteiger partial charge in [-0.25, -0.2) is 0 Å². The van der Waals surface area contributed by atoms with Gasteiger partial charge in [0, 0.05) is 12.6 Å². The van der Waals surface area contributed by atoms with E-state index in [2.05, 4.69) is 32.6 Å². The van der Waals surface area contributed by atoms with Crippen LogP contribution in [0.25, 0.3) is 0 Å². The highest BCUT2D eigenvalue weighted by Crippen LogP contribution is 2.62. The van der Waals surface area contributed by atoms with Gasteiger partial charge in [0.2, 0.25) is 0 Å². The quantitative estimate of drug-likeness (QED) is 0.633. The van der Waals surface area contributed by atoms with E-state index in [-0.39, 0.29) is 0 Å². The molecule has 1 heterocycles. The lowest BCUT2D eigenvalue weighted by molar-refractivity contribution is 0.121. The smallest absolute Gasteiger partial charge is 0.00387 e. The molecule has 0 unspecified atom stereocenters. The van der Waals surface area contributed by atoms with E-state index in [1.807, 2.05) is 0 Å². The number of hydrogen-bond donors (Lipinski definition) is 0. The zero-order valence-corrected chi connectivity index (χ0v) is 9.51. The van der Waals surface area contributed by atoms with Crippen LogP contribution in [0.2, 0.25) is 0 Å². The van der Waals surface area contributed by atoms with E-state index < -0.39 is 0 Å². The SMILES string of the molecule is CC(C)N1CC[C@]2(C(C)C)C[C@@H]2C1. The fourth-order valence-corrected chi connectivity index (χ4v) is 3.14. The minimum absolute atomic E-state index is 0.755. The van der Waals surface area contributed by atoms with Crippen LogP contribution in [0.5, 0.6) is 0 Å². The molecule has 0 aromatic carbocycles. The molecule has 1 saturated heterocycles. The van der Waals surface area contributed by atoms with Gasteiger partial charge < -0.3 is 4.90 Å². The number of rotatable bonds is 2. The van der Waals surface area contributed by atoms with E-state index >= 15 is 0 Å². The van der Waals surface area contributed by atoms with Gasteiger partial charge in [-0.1, -0.05) is 13.8 Å². The first kappa shape index (κ1) is 9.51. The molecular weight excluding hydrogens is 158 g/mol. The Labute approximate surface area is 82.5 Å². The monoisotopic (exact) mass is 181 g/mol. The van der Waals surface area contributed by atoms with Crippen LogP contribution >= 0.6 is 0 Å². The molecule has 1 aliphatic heterocycles. The van der Waals surface area contributed by atoms with Crippen molar-refractivity contribution in [3.8, 4) is 0 Å². The molecule has 2 atom stereocenters. The van der Waals surface area contributed by atoms with Gasteiger partial charge in [0.15, 0.2) is 0 Å². The summed E-state index contributed by atoms with van der Waals surface area (Å²) in [4.78, 5) is 2.65. The largest absolute Gasteiger partial charge is 0.301 e. The normalized spacial score (nSPS) is 39.7. The average Bonchev–Trinajstić information content (AvgIpc) is 2.77. The Hall–Kier alpha value is -0.0400. The summed E-state index contributed by atoms with van der Waals surface area (Å²) < 4.78 is 0. The summed E-state index contributed by atoms with van der Waals surface area (Å²) in [6, 6.07) is 0.755. The predicted molar refractivity (Wildman–Crippen MR) is 56.7 cm³/mol. The van der Waals surface area contributed by atoms with Gasteiger partial charge >= 0.3 is 0 Å². The first-order valence-corrected chi connectivity index (χ1v) is 5.80. The van der Waals surface area contributed by atoms with Gasteiger partial charge in [0.05, 0.1) is 0 Å². The molecule has 2 rings (SSSR count). The third kappa shape index (κ3) is 1.41. The van der Waals surface area contributed by atoms with Crippen LogP contribution in [-0.2, 0) is 0 Å². The van der Waals surface area contributed by atoms with Crippen molar-refractivity contribution in [1.29, 1.82) is 0 Å². The molecule has 0 spiro atoms. The van der Waals surface area contributed by atoms with Crippen LogP contribution in [-0.4, -0.2) is 24.0 Å². The summed E-state index contributed by atoms with van der Waals surface area (Å²) >= 11 is 0. The Bertz CT molecular complexity index is 197.